The number of hydrazine groups is 1. The van der Waals surface area contributed by atoms with Crippen LogP contribution in [0.25, 0.3) is 0 Å². The quantitative estimate of drug-likeness (QED) is 0.759. The molecule has 0 radical (unpaired) electrons. The number of ether oxygens (including phenoxy) is 1. The Kier molecular flexibility index (Phi) is 3.72. The number of benzene rings is 1. The van der Waals surface area contributed by atoms with E-state index in [4.69, 9.17) is 10.6 Å². The highest BCUT2D eigenvalue weighted by atomic mass is 16.5. The van der Waals surface area contributed by atoms with Crippen molar-refractivity contribution in [3.05, 3.63) is 35.9 Å². The molecule has 0 bridgehead atoms. The van der Waals surface area contributed by atoms with Crippen LogP contribution in [0.2, 0.25) is 0 Å². The summed E-state index contributed by atoms with van der Waals surface area (Å²) in [6, 6.07) is 10.6. The first-order valence-corrected chi connectivity index (χ1v) is 5.49. The van der Waals surface area contributed by atoms with Gasteiger partial charge in [-0.05, 0) is 18.4 Å². The number of hydrogen-bond donors (Lipinski definition) is 1. The largest absolute Gasteiger partial charge is 0.375 e. The van der Waals surface area contributed by atoms with Gasteiger partial charge in [0.25, 0.3) is 0 Å². The second kappa shape index (κ2) is 5.26. The van der Waals surface area contributed by atoms with Crippen molar-refractivity contribution in [2.24, 2.45) is 5.84 Å². The van der Waals surface area contributed by atoms with Crippen molar-refractivity contribution >= 4 is 0 Å². The van der Waals surface area contributed by atoms with Gasteiger partial charge in [-0.15, -0.1) is 0 Å². The number of hydrogen-bond acceptors (Lipinski definition) is 3. The second-order valence-corrected chi connectivity index (χ2v) is 4.03. The van der Waals surface area contributed by atoms with Crippen LogP contribution in [0.1, 0.15) is 18.4 Å². The molecule has 15 heavy (non-hydrogen) atoms. The lowest BCUT2D eigenvalue weighted by molar-refractivity contribution is 0.0669. The van der Waals surface area contributed by atoms with E-state index in [9.17, 15) is 0 Å². The minimum atomic E-state index is 0.411. The summed E-state index contributed by atoms with van der Waals surface area (Å²) in [5.41, 5.74) is 1.22. The standard InChI is InChI=1S/C12H18N2O/c13-14-8-4-7-12(14)10-15-9-11-5-2-1-3-6-11/h1-3,5-6,12H,4,7-10,13H2/t12-/m1/s1. The molecule has 0 unspecified atom stereocenters. The zero-order valence-corrected chi connectivity index (χ0v) is 8.93. The molecule has 1 saturated heterocycles. The zero-order chi connectivity index (χ0) is 10.5. The number of nitrogens with zero attached hydrogens (tertiary/aromatic N) is 1. The third-order valence-electron chi connectivity index (χ3n) is 2.84. The fourth-order valence-corrected chi connectivity index (χ4v) is 1.92. The molecule has 1 aromatic rings. The second-order valence-electron chi connectivity index (χ2n) is 4.03. The van der Waals surface area contributed by atoms with Gasteiger partial charge in [-0.3, -0.25) is 5.84 Å². The van der Waals surface area contributed by atoms with Crippen LogP contribution < -0.4 is 5.84 Å². The normalized spacial score (nSPS) is 22.1. The van der Waals surface area contributed by atoms with Gasteiger partial charge in [-0.1, -0.05) is 30.3 Å². The van der Waals surface area contributed by atoms with Crippen LogP contribution in [0.4, 0.5) is 0 Å². The first-order valence-electron chi connectivity index (χ1n) is 5.49. The Labute approximate surface area is 90.8 Å². The predicted molar refractivity (Wildman–Crippen MR) is 60.0 cm³/mol. The number of nitrogens with two attached hydrogens (primary N) is 1. The maximum atomic E-state index is 5.81. The fourth-order valence-electron chi connectivity index (χ4n) is 1.92. The van der Waals surface area contributed by atoms with Gasteiger partial charge in [0.1, 0.15) is 0 Å². The van der Waals surface area contributed by atoms with Gasteiger partial charge in [0.15, 0.2) is 0 Å². The minimum Gasteiger partial charge on any atom is -0.375 e. The van der Waals surface area contributed by atoms with Gasteiger partial charge in [0, 0.05) is 12.6 Å². The van der Waals surface area contributed by atoms with Crippen LogP contribution in [0, 0.1) is 0 Å². The Morgan fingerprint density at radius 2 is 2.13 bits per heavy atom. The summed E-state index contributed by atoms with van der Waals surface area (Å²) in [7, 11) is 0. The monoisotopic (exact) mass is 206 g/mol. The van der Waals surface area contributed by atoms with E-state index < -0.39 is 0 Å². The van der Waals surface area contributed by atoms with E-state index in [0.717, 1.165) is 19.6 Å². The van der Waals surface area contributed by atoms with Gasteiger partial charge >= 0.3 is 0 Å². The molecule has 1 heterocycles. The first-order chi connectivity index (χ1) is 7.36. The highest BCUT2D eigenvalue weighted by Gasteiger charge is 2.21. The molecule has 1 aliphatic rings. The molecule has 0 aliphatic carbocycles. The van der Waals surface area contributed by atoms with Gasteiger partial charge < -0.3 is 4.74 Å². The fraction of sp³-hybridized carbons (Fsp3) is 0.500. The van der Waals surface area contributed by atoms with E-state index in [2.05, 4.69) is 12.1 Å². The third kappa shape index (κ3) is 3.02. The molecule has 0 spiro atoms. The van der Waals surface area contributed by atoms with E-state index in [-0.39, 0.29) is 0 Å². The van der Waals surface area contributed by atoms with Gasteiger partial charge in [-0.25, -0.2) is 5.01 Å². The van der Waals surface area contributed by atoms with Crippen LogP contribution in [-0.4, -0.2) is 24.2 Å². The predicted octanol–water partition coefficient (Wildman–Crippen LogP) is 1.54. The molecule has 82 valence electrons. The lowest BCUT2D eigenvalue weighted by Crippen LogP contribution is -2.38. The third-order valence-corrected chi connectivity index (χ3v) is 2.84. The average Bonchev–Trinajstić information content (AvgIpc) is 2.66. The van der Waals surface area contributed by atoms with Crippen LogP contribution >= 0.6 is 0 Å². The summed E-state index contributed by atoms with van der Waals surface area (Å²) in [6.45, 7) is 2.43. The lowest BCUT2D eigenvalue weighted by atomic mass is 10.2. The lowest BCUT2D eigenvalue weighted by Gasteiger charge is -2.18. The maximum absolute atomic E-state index is 5.81. The summed E-state index contributed by atoms with van der Waals surface area (Å²) >= 11 is 0. The van der Waals surface area contributed by atoms with Gasteiger partial charge in [0.05, 0.1) is 13.2 Å². The SMILES string of the molecule is NN1CCC[C@@H]1COCc1ccccc1. The maximum Gasteiger partial charge on any atom is 0.0717 e. The van der Waals surface area contributed by atoms with Crippen molar-refractivity contribution in [2.75, 3.05) is 13.2 Å². The van der Waals surface area contributed by atoms with Crippen LogP contribution in [0.15, 0.2) is 30.3 Å². The molecular weight excluding hydrogens is 188 g/mol. The summed E-state index contributed by atoms with van der Waals surface area (Å²) in [6.07, 6.45) is 2.35. The Morgan fingerprint density at radius 3 is 2.80 bits per heavy atom. The van der Waals surface area contributed by atoms with Crippen molar-refractivity contribution in [2.45, 2.75) is 25.5 Å². The molecular formula is C12H18N2O. The summed E-state index contributed by atoms with van der Waals surface area (Å²) in [5.74, 6) is 5.81. The van der Waals surface area contributed by atoms with Crippen molar-refractivity contribution in [3.8, 4) is 0 Å². The molecule has 0 amide bonds. The zero-order valence-electron chi connectivity index (χ0n) is 8.93. The molecule has 2 N–H and O–H groups in total. The van der Waals surface area contributed by atoms with Crippen molar-refractivity contribution in [1.82, 2.24) is 5.01 Å². The summed E-state index contributed by atoms with van der Waals surface area (Å²) in [5, 5.41) is 1.89. The Hall–Kier alpha value is -0.900. The van der Waals surface area contributed by atoms with Crippen LogP contribution in [0.3, 0.4) is 0 Å². The molecule has 1 atom stereocenters. The first kappa shape index (κ1) is 10.6. The smallest absolute Gasteiger partial charge is 0.0717 e. The topological polar surface area (TPSA) is 38.5 Å². The summed E-state index contributed by atoms with van der Waals surface area (Å²) < 4.78 is 5.65. The van der Waals surface area contributed by atoms with Crippen molar-refractivity contribution < 1.29 is 4.74 Å². The molecule has 3 nitrogen and oxygen atoms in total. The Balaban J connectivity index is 1.71. The van der Waals surface area contributed by atoms with Crippen molar-refractivity contribution in [1.29, 1.82) is 0 Å². The highest BCUT2D eigenvalue weighted by molar-refractivity contribution is 5.13. The van der Waals surface area contributed by atoms with E-state index in [1.165, 1.54) is 12.0 Å². The van der Waals surface area contributed by atoms with E-state index >= 15 is 0 Å². The Bertz CT molecular complexity index is 289. The number of rotatable bonds is 4. The Morgan fingerprint density at radius 1 is 1.33 bits per heavy atom. The molecule has 1 aliphatic heterocycles. The molecule has 1 fully saturated rings. The van der Waals surface area contributed by atoms with Crippen LogP contribution in [0.5, 0.6) is 0 Å². The van der Waals surface area contributed by atoms with Gasteiger partial charge in [0.2, 0.25) is 0 Å². The summed E-state index contributed by atoms with van der Waals surface area (Å²) in [4.78, 5) is 0. The van der Waals surface area contributed by atoms with E-state index in [0.29, 0.717) is 12.6 Å². The molecule has 0 saturated carbocycles. The molecule has 0 aromatic heterocycles. The molecule has 3 heteroatoms. The van der Waals surface area contributed by atoms with Gasteiger partial charge in [-0.2, -0.15) is 0 Å². The van der Waals surface area contributed by atoms with Crippen molar-refractivity contribution in [3.63, 3.8) is 0 Å². The van der Waals surface area contributed by atoms with E-state index in [1.807, 2.05) is 23.2 Å². The molecule has 1 aromatic carbocycles. The van der Waals surface area contributed by atoms with Crippen LogP contribution in [-0.2, 0) is 11.3 Å². The minimum absolute atomic E-state index is 0.411. The van der Waals surface area contributed by atoms with E-state index in [1.54, 1.807) is 0 Å². The average molecular weight is 206 g/mol. The highest BCUT2D eigenvalue weighted by Crippen LogP contribution is 2.13. The molecule has 2 rings (SSSR count).